The van der Waals surface area contributed by atoms with E-state index < -0.39 is 10.0 Å². The van der Waals surface area contributed by atoms with Gasteiger partial charge in [-0.05, 0) is 45.4 Å². The van der Waals surface area contributed by atoms with Gasteiger partial charge in [-0.25, -0.2) is 13.1 Å². The van der Waals surface area contributed by atoms with Crippen LogP contribution < -0.4 is 4.72 Å². The number of rotatable bonds is 3. The first-order valence-electron chi connectivity index (χ1n) is 7.46. The van der Waals surface area contributed by atoms with E-state index in [-0.39, 0.29) is 11.0 Å². The first-order valence-corrected chi connectivity index (χ1v) is 9.35. The highest BCUT2D eigenvalue weighted by molar-refractivity contribution is 7.88. The molecule has 1 N–H and O–H groups in total. The molecule has 5 heteroatoms. The zero-order valence-electron chi connectivity index (χ0n) is 14.3. The maximum atomic E-state index is 11.3. The summed E-state index contributed by atoms with van der Waals surface area (Å²) in [4.78, 5) is 2.57. The van der Waals surface area contributed by atoms with Gasteiger partial charge in [-0.1, -0.05) is 20.8 Å². The molecule has 1 rings (SSSR count). The summed E-state index contributed by atoms with van der Waals surface area (Å²) in [6, 6.07) is 0.859. The molecule has 4 nitrogen and oxygen atoms in total. The van der Waals surface area contributed by atoms with Crippen molar-refractivity contribution in [3.63, 3.8) is 0 Å². The summed E-state index contributed by atoms with van der Waals surface area (Å²) in [5.41, 5.74) is 0.290. The van der Waals surface area contributed by atoms with Gasteiger partial charge in [0.15, 0.2) is 0 Å². The molecule has 1 heterocycles. The smallest absolute Gasteiger partial charge is 0.208 e. The van der Waals surface area contributed by atoms with E-state index in [1.165, 1.54) is 6.26 Å². The van der Waals surface area contributed by atoms with Crippen molar-refractivity contribution < 1.29 is 8.42 Å². The lowest BCUT2D eigenvalue weighted by Crippen LogP contribution is -2.53. The second kappa shape index (κ2) is 5.58. The lowest BCUT2D eigenvalue weighted by atomic mass is 9.82. The van der Waals surface area contributed by atoms with Gasteiger partial charge in [0.05, 0.1) is 6.26 Å². The van der Waals surface area contributed by atoms with Crippen LogP contribution in [0.4, 0.5) is 0 Å². The molecule has 120 valence electrons. The minimum atomic E-state index is -3.11. The van der Waals surface area contributed by atoms with Crippen LogP contribution in [0, 0.1) is 11.3 Å². The second-order valence-corrected chi connectivity index (χ2v) is 10.1. The third-order valence-corrected chi connectivity index (χ3v) is 5.06. The average Bonchev–Trinajstić information content (AvgIpc) is 2.50. The largest absolute Gasteiger partial charge is 0.292 e. The van der Waals surface area contributed by atoms with Crippen molar-refractivity contribution in [3.05, 3.63) is 0 Å². The van der Waals surface area contributed by atoms with Gasteiger partial charge in [0.2, 0.25) is 10.0 Å². The Hall–Kier alpha value is -0.130. The van der Waals surface area contributed by atoms with Crippen LogP contribution in [0.5, 0.6) is 0 Å². The molecule has 0 bridgehead atoms. The predicted octanol–water partition coefficient (Wildman–Crippen LogP) is 2.46. The highest BCUT2D eigenvalue weighted by Gasteiger charge is 2.47. The fraction of sp³-hybridized carbons (Fsp3) is 1.00. The van der Waals surface area contributed by atoms with Crippen molar-refractivity contribution in [3.8, 4) is 0 Å². The monoisotopic (exact) mass is 304 g/mol. The summed E-state index contributed by atoms with van der Waals surface area (Å²) in [6.07, 6.45) is 2.28. The lowest BCUT2D eigenvalue weighted by molar-refractivity contribution is 0.0279. The van der Waals surface area contributed by atoms with Gasteiger partial charge in [-0.3, -0.25) is 4.90 Å². The van der Waals surface area contributed by atoms with Gasteiger partial charge in [-0.2, -0.15) is 0 Å². The van der Waals surface area contributed by atoms with E-state index in [1.807, 2.05) is 0 Å². The Bertz CT molecular complexity index is 432. The summed E-state index contributed by atoms with van der Waals surface area (Å²) in [5.74, 6) is 0.369. The van der Waals surface area contributed by atoms with Crippen LogP contribution in [-0.4, -0.2) is 43.7 Å². The van der Waals surface area contributed by atoms with E-state index in [4.69, 9.17) is 0 Å². The third kappa shape index (κ3) is 4.43. The first-order chi connectivity index (χ1) is 8.73. The van der Waals surface area contributed by atoms with Crippen LogP contribution in [0.1, 0.15) is 54.9 Å². The van der Waals surface area contributed by atoms with Crippen molar-refractivity contribution in [2.24, 2.45) is 11.3 Å². The number of hydrogen-bond donors (Lipinski definition) is 1. The van der Waals surface area contributed by atoms with Gasteiger partial charge >= 0.3 is 0 Å². The molecule has 0 aromatic heterocycles. The van der Waals surface area contributed by atoms with Crippen molar-refractivity contribution in [1.29, 1.82) is 0 Å². The number of nitrogens with one attached hydrogen (secondary N) is 1. The molecule has 0 saturated carbocycles. The van der Waals surface area contributed by atoms with E-state index >= 15 is 0 Å². The number of hydrogen-bond acceptors (Lipinski definition) is 3. The van der Waals surface area contributed by atoms with Crippen LogP contribution in [0.25, 0.3) is 0 Å². The molecule has 1 aliphatic rings. The van der Waals surface area contributed by atoms with Gasteiger partial charge in [-0.15, -0.1) is 0 Å². The average molecular weight is 305 g/mol. The molecule has 0 aromatic rings. The number of likely N-dealkylation sites (tertiary alicyclic amines) is 1. The van der Waals surface area contributed by atoms with Gasteiger partial charge < -0.3 is 0 Å². The molecule has 3 atom stereocenters. The molecule has 20 heavy (non-hydrogen) atoms. The minimum Gasteiger partial charge on any atom is -0.292 e. The van der Waals surface area contributed by atoms with Crippen molar-refractivity contribution in [1.82, 2.24) is 9.62 Å². The molecule has 1 aliphatic heterocycles. The van der Waals surface area contributed by atoms with Crippen molar-refractivity contribution >= 4 is 10.0 Å². The summed E-state index contributed by atoms with van der Waals surface area (Å²) >= 11 is 0. The SMILES string of the molecule is C[C@@H]1[C@@H](CNS(C)(=O)=O)C[C@@H](C(C)(C)C)N1C(C)(C)C. The fourth-order valence-corrected chi connectivity index (χ4v) is 3.99. The van der Waals surface area contributed by atoms with Crippen molar-refractivity contribution in [2.45, 2.75) is 72.5 Å². The molecular weight excluding hydrogens is 272 g/mol. The standard InChI is InChI=1S/C15H32N2O2S/c1-11-12(10-16-20(8,18)19)9-13(14(2,3)4)17(11)15(5,6)7/h11-13,16H,9-10H2,1-8H3/t11-,12-,13+/m1/s1. The highest BCUT2D eigenvalue weighted by atomic mass is 32.2. The Balaban J connectivity index is 2.94. The number of nitrogens with zero attached hydrogens (tertiary/aromatic N) is 1. The van der Waals surface area contributed by atoms with Crippen LogP contribution in [0.15, 0.2) is 0 Å². The molecular formula is C15H32N2O2S. The summed E-state index contributed by atoms with van der Waals surface area (Å²) in [5, 5.41) is 0. The topological polar surface area (TPSA) is 49.4 Å². The maximum Gasteiger partial charge on any atom is 0.208 e. The van der Waals surface area contributed by atoms with E-state index in [0.717, 1.165) is 6.42 Å². The van der Waals surface area contributed by atoms with Crippen LogP contribution >= 0.6 is 0 Å². The normalized spacial score (nSPS) is 29.9. The van der Waals surface area contributed by atoms with E-state index in [1.54, 1.807) is 0 Å². The van der Waals surface area contributed by atoms with Gasteiger partial charge in [0.1, 0.15) is 0 Å². The maximum absolute atomic E-state index is 11.3. The Morgan fingerprint density at radius 2 is 1.65 bits per heavy atom. The zero-order chi connectivity index (χ0) is 15.9. The van der Waals surface area contributed by atoms with Gasteiger partial charge in [0, 0.05) is 24.2 Å². The lowest BCUT2D eigenvalue weighted by Gasteiger charge is -2.45. The highest BCUT2D eigenvalue weighted by Crippen LogP contribution is 2.42. The van der Waals surface area contributed by atoms with Crippen LogP contribution in [0.3, 0.4) is 0 Å². The Labute approximate surface area is 125 Å². The molecule has 0 radical (unpaired) electrons. The van der Waals surface area contributed by atoms with Crippen molar-refractivity contribution in [2.75, 3.05) is 12.8 Å². The Morgan fingerprint density at radius 3 is 1.95 bits per heavy atom. The fourth-order valence-electron chi connectivity index (χ4n) is 3.47. The summed E-state index contributed by atoms with van der Waals surface area (Å²) < 4.78 is 25.3. The molecule has 1 saturated heterocycles. The van der Waals surface area contributed by atoms with E-state index in [0.29, 0.717) is 24.5 Å². The predicted molar refractivity (Wildman–Crippen MR) is 85.3 cm³/mol. The molecule has 0 unspecified atom stereocenters. The number of sulfonamides is 1. The minimum absolute atomic E-state index is 0.0944. The van der Waals surface area contributed by atoms with Gasteiger partial charge in [0.25, 0.3) is 0 Å². The molecule has 0 aliphatic carbocycles. The first kappa shape index (κ1) is 17.9. The molecule has 0 spiro atoms. The van der Waals surface area contributed by atoms with E-state index in [9.17, 15) is 8.42 Å². The molecule has 1 fully saturated rings. The molecule has 0 aromatic carbocycles. The van der Waals surface area contributed by atoms with Crippen LogP contribution in [0.2, 0.25) is 0 Å². The Kier molecular flexibility index (Phi) is 5.00. The summed E-state index contributed by atoms with van der Waals surface area (Å²) in [6.45, 7) is 16.3. The third-order valence-electron chi connectivity index (χ3n) is 4.36. The molecule has 0 amide bonds. The second-order valence-electron chi connectivity index (χ2n) is 8.32. The summed E-state index contributed by atoms with van der Waals surface area (Å²) in [7, 11) is -3.11. The Morgan fingerprint density at radius 1 is 1.15 bits per heavy atom. The quantitative estimate of drug-likeness (QED) is 0.871. The zero-order valence-corrected chi connectivity index (χ0v) is 15.1. The van der Waals surface area contributed by atoms with E-state index in [2.05, 4.69) is 58.1 Å². The van der Waals surface area contributed by atoms with Crippen LogP contribution in [-0.2, 0) is 10.0 Å².